The monoisotopic (exact) mass is 480 g/mol. The van der Waals surface area contributed by atoms with Crippen LogP contribution in [0.3, 0.4) is 0 Å². The summed E-state index contributed by atoms with van der Waals surface area (Å²) in [7, 11) is 0. The molecule has 0 saturated carbocycles. The number of nitrogens with zero attached hydrogens (tertiary/aromatic N) is 2. The smallest absolute Gasteiger partial charge is 0.475 e. The molecule has 1 amide bonds. The predicted molar refractivity (Wildman–Crippen MR) is 124 cm³/mol. The lowest BCUT2D eigenvalue weighted by molar-refractivity contribution is -0.192. The van der Waals surface area contributed by atoms with Gasteiger partial charge in [-0.1, -0.05) is 24.3 Å². The van der Waals surface area contributed by atoms with Crippen LogP contribution in [0.5, 0.6) is 0 Å². The van der Waals surface area contributed by atoms with Crippen molar-refractivity contribution < 1.29 is 27.9 Å². The van der Waals surface area contributed by atoms with E-state index in [9.17, 15) is 18.0 Å². The molecule has 0 aliphatic carbocycles. The summed E-state index contributed by atoms with van der Waals surface area (Å²) in [6.07, 6.45) is 3.38. The third kappa shape index (κ3) is 5.72. The van der Waals surface area contributed by atoms with Gasteiger partial charge in [-0.3, -0.25) is 14.8 Å². The molecule has 35 heavy (non-hydrogen) atoms. The Bertz CT molecular complexity index is 1430. The molecule has 4 heterocycles. The maximum absolute atomic E-state index is 12.0. The van der Waals surface area contributed by atoms with Gasteiger partial charge in [-0.2, -0.15) is 13.2 Å². The molecule has 1 aromatic carbocycles. The van der Waals surface area contributed by atoms with Gasteiger partial charge in [0.25, 0.3) is 5.91 Å². The standard InChI is InChI=1S/C23H18N4O.C2HF3O2/c28-23-19-13-22(27-21(19)8-10-25-23)17-7-9-24-18(12-17)6-5-15-11-16-3-1-2-4-20(16)26-14-15;3-2(4,5)1(6)7/h1-7,9,11-14,27H,8,10H2,(H,25,28);(H,6,7)/b6-5+;. The van der Waals surface area contributed by atoms with Gasteiger partial charge >= 0.3 is 12.1 Å². The summed E-state index contributed by atoms with van der Waals surface area (Å²) < 4.78 is 31.7. The number of nitrogens with one attached hydrogen (secondary N) is 2. The zero-order valence-electron chi connectivity index (χ0n) is 18.1. The molecule has 1 aliphatic heterocycles. The third-order valence-corrected chi connectivity index (χ3v) is 5.20. The molecule has 7 nitrogen and oxygen atoms in total. The van der Waals surface area contributed by atoms with Gasteiger partial charge in [0.2, 0.25) is 0 Å². The Labute approximate surface area is 197 Å². The molecule has 0 saturated heterocycles. The number of pyridine rings is 2. The first-order valence-corrected chi connectivity index (χ1v) is 10.5. The van der Waals surface area contributed by atoms with E-state index >= 15 is 0 Å². The summed E-state index contributed by atoms with van der Waals surface area (Å²) >= 11 is 0. The summed E-state index contributed by atoms with van der Waals surface area (Å²) in [6, 6.07) is 16.1. The Balaban J connectivity index is 0.000000364. The number of hydrogen-bond acceptors (Lipinski definition) is 4. The summed E-state index contributed by atoms with van der Waals surface area (Å²) in [4.78, 5) is 33.2. The number of benzene rings is 1. The number of carbonyl (C=O) groups excluding carboxylic acids is 1. The third-order valence-electron chi connectivity index (χ3n) is 5.20. The number of hydrogen-bond donors (Lipinski definition) is 3. The van der Waals surface area contributed by atoms with Crippen molar-refractivity contribution in [2.45, 2.75) is 12.6 Å². The minimum atomic E-state index is -5.08. The molecular formula is C25H19F3N4O3. The maximum atomic E-state index is 12.0. The summed E-state index contributed by atoms with van der Waals surface area (Å²) in [5.74, 6) is -2.77. The van der Waals surface area contributed by atoms with Crippen LogP contribution in [0.1, 0.15) is 27.3 Å². The van der Waals surface area contributed by atoms with E-state index in [0.29, 0.717) is 6.54 Å². The number of fused-ring (bicyclic) bond motifs is 2. The van der Waals surface area contributed by atoms with E-state index in [1.165, 1.54) is 0 Å². The number of carboxylic acid groups (broad SMARTS) is 1. The van der Waals surface area contributed by atoms with Crippen molar-refractivity contribution in [3.05, 3.63) is 83.4 Å². The topological polar surface area (TPSA) is 108 Å². The lowest BCUT2D eigenvalue weighted by Gasteiger charge is -2.10. The second-order valence-corrected chi connectivity index (χ2v) is 7.65. The maximum Gasteiger partial charge on any atom is 0.490 e. The second-order valence-electron chi connectivity index (χ2n) is 7.65. The largest absolute Gasteiger partial charge is 0.490 e. The predicted octanol–water partition coefficient (Wildman–Crippen LogP) is 4.71. The molecule has 0 unspecified atom stereocenters. The first-order valence-electron chi connectivity index (χ1n) is 10.5. The number of aromatic nitrogens is 3. The lowest BCUT2D eigenvalue weighted by atomic mass is 10.1. The summed E-state index contributed by atoms with van der Waals surface area (Å²) in [5.41, 5.74) is 6.53. The van der Waals surface area contributed by atoms with Crippen LogP contribution in [-0.4, -0.2) is 44.7 Å². The van der Waals surface area contributed by atoms with Gasteiger partial charge in [0.15, 0.2) is 0 Å². The van der Waals surface area contributed by atoms with E-state index in [1.807, 2.05) is 54.7 Å². The fourth-order valence-corrected chi connectivity index (χ4v) is 3.52. The van der Waals surface area contributed by atoms with Gasteiger partial charge in [0, 0.05) is 47.7 Å². The minimum Gasteiger partial charge on any atom is -0.475 e. The molecule has 0 fully saturated rings. The average molecular weight is 480 g/mol. The molecule has 0 radical (unpaired) electrons. The van der Waals surface area contributed by atoms with Gasteiger partial charge in [0.05, 0.1) is 16.8 Å². The van der Waals surface area contributed by atoms with E-state index in [1.54, 1.807) is 6.20 Å². The molecule has 0 spiro atoms. The fourth-order valence-electron chi connectivity index (χ4n) is 3.52. The van der Waals surface area contributed by atoms with Crippen LogP contribution < -0.4 is 5.32 Å². The number of aliphatic carboxylic acids is 1. The number of para-hydroxylation sites is 1. The van der Waals surface area contributed by atoms with Crippen LogP contribution in [0.2, 0.25) is 0 Å². The number of alkyl halides is 3. The van der Waals surface area contributed by atoms with Crippen LogP contribution in [0.4, 0.5) is 13.2 Å². The number of carboxylic acids is 1. The van der Waals surface area contributed by atoms with Gasteiger partial charge < -0.3 is 15.4 Å². The number of carbonyl (C=O) groups is 2. The van der Waals surface area contributed by atoms with E-state index in [2.05, 4.69) is 32.4 Å². The zero-order chi connectivity index (χ0) is 25.0. The van der Waals surface area contributed by atoms with Crippen molar-refractivity contribution in [1.82, 2.24) is 20.3 Å². The van der Waals surface area contributed by atoms with Gasteiger partial charge in [-0.25, -0.2) is 4.79 Å². The highest BCUT2D eigenvalue weighted by Gasteiger charge is 2.38. The number of halogens is 3. The molecule has 1 aliphatic rings. The summed E-state index contributed by atoms with van der Waals surface area (Å²) in [5, 5.41) is 11.1. The molecular weight excluding hydrogens is 461 g/mol. The Morgan fingerprint density at radius 3 is 2.57 bits per heavy atom. The Hall–Kier alpha value is -4.47. The quantitative estimate of drug-likeness (QED) is 0.394. The first-order chi connectivity index (χ1) is 16.7. The molecule has 3 N–H and O–H groups in total. The van der Waals surface area contributed by atoms with Gasteiger partial charge in [-0.05, 0) is 42.0 Å². The number of H-pyrrole nitrogens is 1. The van der Waals surface area contributed by atoms with Crippen molar-refractivity contribution in [2.24, 2.45) is 0 Å². The molecule has 0 atom stereocenters. The van der Waals surface area contributed by atoms with Crippen molar-refractivity contribution in [2.75, 3.05) is 6.54 Å². The van der Waals surface area contributed by atoms with Crippen molar-refractivity contribution >= 4 is 34.9 Å². The minimum absolute atomic E-state index is 0.0123. The highest BCUT2D eigenvalue weighted by Crippen LogP contribution is 2.25. The number of aromatic amines is 1. The van der Waals surface area contributed by atoms with Crippen LogP contribution in [0.25, 0.3) is 34.3 Å². The molecule has 0 bridgehead atoms. The first kappa shape index (κ1) is 23.7. The van der Waals surface area contributed by atoms with E-state index < -0.39 is 12.1 Å². The second kappa shape index (κ2) is 9.80. The van der Waals surface area contributed by atoms with E-state index in [0.717, 1.165) is 51.1 Å². The van der Waals surface area contributed by atoms with Crippen molar-refractivity contribution in [1.29, 1.82) is 0 Å². The molecule has 178 valence electrons. The highest BCUT2D eigenvalue weighted by atomic mass is 19.4. The van der Waals surface area contributed by atoms with Crippen LogP contribution in [0.15, 0.2) is 60.9 Å². The Morgan fingerprint density at radius 1 is 1.06 bits per heavy atom. The molecule has 3 aromatic heterocycles. The fraction of sp³-hybridized carbons (Fsp3) is 0.120. The SMILES string of the molecule is O=C(O)C(F)(F)F.O=C1NCCc2[nH]c(-c3ccnc(/C=C/c4cnc5ccccc5c4)c3)cc21. The molecule has 5 rings (SSSR count). The van der Waals surface area contributed by atoms with Crippen molar-refractivity contribution in [3.63, 3.8) is 0 Å². The Morgan fingerprint density at radius 2 is 1.83 bits per heavy atom. The van der Waals surface area contributed by atoms with Gasteiger partial charge in [0.1, 0.15) is 0 Å². The van der Waals surface area contributed by atoms with Gasteiger partial charge in [-0.15, -0.1) is 0 Å². The molecule has 4 aromatic rings. The highest BCUT2D eigenvalue weighted by molar-refractivity contribution is 5.97. The number of rotatable bonds is 3. The van der Waals surface area contributed by atoms with Crippen LogP contribution in [-0.2, 0) is 11.2 Å². The molecule has 10 heteroatoms. The van der Waals surface area contributed by atoms with E-state index in [-0.39, 0.29) is 5.91 Å². The normalized spacial score (nSPS) is 13.2. The van der Waals surface area contributed by atoms with Crippen LogP contribution >= 0.6 is 0 Å². The Kier molecular flexibility index (Phi) is 6.63. The van der Waals surface area contributed by atoms with E-state index in [4.69, 9.17) is 9.90 Å². The zero-order valence-corrected chi connectivity index (χ0v) is 18.1. The van der Waals surface area contributed by atoms with Crippen molar-refractivity contribution in [3.8, 4) is 11.3 Å². The summed E-state index contributed by atoms with van der Waals surface area (Å²) in [6.45, 7) is 0.677. The van der Waals surface area contributed by atoms with Crippen LogP contribution in [0, 0.1) is 0 Å². The number of amides is 1. The lowest BCUT2D eigenvalue weighted by Crippen LogP contribution is -2.31. The average Bonchev–Trinajstić information content (AvgIpc) is 3.29.